The van der Waals surface area contributed by atoms with Gasteiger partial charge in [0.15, 0.2) is 5.82 Å². The standard InChI is InChI=1S/C17H24N6/c1-2-14-15(16(18)21-17(19)20-14)23-10-8-22(9-11-23)12-13-6-4-3-5-7-13/h3-7H,2,8-12H2,1H3,(H4,18,19,20,21). The van der Waals surface area contributed by atoms with Crippen LogP contribution >= 0.6 is 0 Å². The number of nitrogens with two attached hydrogens (primary N) is 2. The first-order chi connectivity index (χ1) is 11.2. The number of benzene rings is 1. The van der Waals surface area contributed by atoms with Gasteiger partial charge in [-0.25, -0.2) is 4.98 Å². The zero-order valence-electron chi connectivity index (χ0n) is 13.6. The minimum absolute atomic E-state index is 0.255. The first-order valence-electron chi connectivity index (χ1n) is 8.10. The highest BCUT2D eigenvalue weighted by molar-refractivity contribution is 5.68. The van der Waals surface area contributed by atoms with Gasteiger partial charge in [0.05, 0.1) is 5.69 Å². The Hall–Kier alpha value is -2.34. The summed E-state index contributed by atoms with van der Waals surface area (Å²) in [7, 11) is 0. The van der Waals surface area contributed by atoms with E-state index in [0.29, 0.717) is 5.82 Å². The number of nitrogens with zero attached hydrogens (tertiary/aromatic N) is 4. The van der Waals surface area contributed by atoms with Crippen molar-refractivity contribution in [2.45, 2.75) is 19.9 Å². The summed E-state index contributed by atoms with van der Waals surface area (Å²) in [4.78, 5) is 13.2. The Balaban J connectivity index is 1.67. The van der Waals surface area contributed by atoms with Gasteiger partial charge < -0.3 is 16.4 Å². The van der Waals surface area contributed by atoms with Crippen molar-refractivity contribution in [1.82, 2.24) is 14.9 Å². The number of anilines is 3. The summed E-state index contributed by atoms with van der Waals surface area (Å²) < 4.78 is 0. The second-order valence-corrected chi connectivity index (χ2v) is 5.86. The van der Waals surface area contributed by atoms with Crippen molar-refractivity contribution >= 4 is 17.5 Å². The van der Waals surface area contributed by atoms with Gasteiger partial charge in [0.1, 0.15) is 5.69 Å². The summed E-state index contributed by atoms with van der Waals surface area (Å²) in [5.41, 5.74) is 15.1. The Morgan fingerprint density at radius 1 is 1.00 bits per heavy atom. The average molecular weight is 312 g/mol. The smallest absolute Gasteiger partial charge is 0.222 e. The molecule has 0 atom stereocenters. The zero-order valence-corrected chi connectivity index (χ0v) is 13.6. The summed E-state index contributed by atoms with van der Waals surface area (Å²) in [6.45, 7) is 6.91. The molecule has 0 bridgehead atoms. The Kier molecular flexibility index (Phi) is 4.62. The molecular weight excluding hydrogens is 288 g/mol. The van der Waals surface area contributed by atoms with E-state index in [1.165, 1.54) is 5.56 Å². The van der Waals surface area contributed by atoms with Gasteiger partial charge in [0, 0.05) is 32.7 Å². The van der Waals surface area contributed by atoms with Gasteiger partial charge in [-0.05, 0) is 12.0 Å². The minimum Gasteiger partial charge on any atom is -0.382 e. The lowest BCUT2D eigenvalue weighted by atomic mass is 10.1. The van der Waals surface area contributed by atoms with Crippen molar-refractivity contribution < 1.29 is 0 Å². The lowest BCUT2D eigenvalue weighted by molar-refractivity contribution is 0.249. The van der Waals surface area contributed by atoms with Crippen molar-refractivity contribution in [2.24, 2.45) is 0 Å². The maximum Gasteiger partial charge on any atom is 0.222 e. The van der Waals surface area contributed by atoms with Gasteiger partial charge in [-0.3, -0.25) is 4.90 Å². The van der Waals surface area contributed by atoms with Crippen LogP contribution < -0.4 is 16.4 Å². The Morgan fingerprint density at radius 3 is 2.35 bits per heavy atom. The van der Waals surface area contributed by atoms with E-state index in [4.69, 9.17) is 11.5 Å². The Labute approximate surface area is 137 Å². The summed E-state index contributed by atoms with van der Waals surface area (Å²) in [5, 5.41) is 0. The molecule has 0 saturated carbocycles. The van der Waals surface area contributed by atoms with Gasteiger partial charge in [-0.2, -0.15) is 4.98 Å². The molecule has 1 aromatic heterocycles. The summed E-state index contributed by atoms with van der Waals surface area (Å²) in [5.74, 6) is 0.747. The highest BCUT2D eigenvalue weighted by atomic mass is 15.3. The molecule has 23 heavy (non-hydrogen) atoms. The molecule has 1 saturated heterocycles. The van der Waals surface area contributed by atoms with E-state index >= 15 is 0 Å². The topological polar surface area (TPSA) is 84.3 Å². The second-order valence-electron chi connectivity index (χ2n) is 5.86. The molecule has 0 amide bonds. The zero-order chi connectivity index (χ0) is 16.2. The van der Waals surface area contributed by atoms with Crippen molar-refractivity contribution in [2.75, 3.05) is 42.5 Å². The van der Waals surface area contributed by atoms with Crippen LogP contribution in [0, 0.1) is 0 Å². The average Bonchev–Trinajstić information content (AvgIpc) is 2.56. The highest BCUT2D eigenvalue weighted by Gasteiger charge is 2.22. The van der Waals surface area contributed by atoms with Crippen molar-refractivity contribution in [1.29, 1.82) is 0 Å². The predicted molar refractivity (Wildman–Crippen MR) is 94.2 cm³/mol. The monoisotopic (exact) mass is 312 g/mol. The Bertz CT molecular complexity index is 650. The van der Waals surface area contributed by atoms with E-state index in [-0.39, 0.29) is 5.95 Å². The van der Waals surface area contributed by atoms with Crippen LogP contribution in [0.4, 0.5) is 17.5 Å². The molecule has 6 nitrogen and oxygen atoms in total. The van der Waals surface area contributed by atoms with Gasteiger partial charge >= 0.3 is 0 Å². The third-order valence-corrected chi connectivity index (χ3v) is 4.27. The van der Waals surface area contributed by atoms with Crippen molar-refractivity contribution in [3.63, 3.8) is 0 Å². The van der Waals surface area contributed by atoms with Crippen LogP contribution in [0.2, 0.25) is 0 Å². The van der Waals surface area contributed by atoms with Gasteiger partial charge in [0.25, 0.3) is 0 Å². The molecule has 2 aromatic rings. The molecule has 0 aliphatic carbocycles. The number of rotatable bonds is 4. The number of hydrogen-bond acceptors (Lipinski definition) is 6. The van der Waals surface area contributed by atoms with E-state index in [1.54, 1.807) is 0 Å². The molecular formula is C17H24N6. The first kappa shape index (κ1) is 15.6. The van der Waals surface area contributed by atoms with E-state index in [1.807, 2.05) is 0 Å². The van der Waals surface area contributed by atoms with Crippen LogP contribution in [-0.2, 0) is 13.0 Å². The molecule has 122 valence electrons. The molecule has 1 aromatic carbocycles. The summed E-state index contributed by atoms with van der Waals surface area (Å²) >= 11 is 0. The van der Waals surface area contributed by atoms with E-state index in [9.17, 15) is 0 Å². The fraction of sp³-hybridized carbons (Fsp3) is 0.412. The number of piperazine rings is 1. The largest absolute Gasteiger partial charge is 0.382 e. The van der Waals surface area contributed by atoms with Crippen molar-refractivity contribution in [3.8, 4) is 0 Å². The number of nitrogen functional groups attached to an aromatic ring is 2. The first-order valence-corrected chi connectivity index (χ1v) is 8.10. The molecule has 6 heteroatoms. The summed E-state index contributed by atoms with van der Waals surface area (Å²) in [6.07, 6.45) is 0.802. The van der Waals surface area contributed by atoms with Crippen LogP contribution in [0.3, 0.4) is 0 Å². The van der Waals surface area contributed by atoms with Crippen LogP contribution in [0.5, 0.6) is 0 Å². The van der Waals surface area contributed by atoms with Gasteiger partial charge in [0.2, 0.25) is 5.95 Å². The molecule has 4 N–H and O–H groups in total. The van der Waals surface area contributed by atoms with Crippen LogP contribution in [0.1, 0.15) is 18.2 Å². The summed E-state index contributed by atoms with van der Waals surface area (Å²) in [6, 6.07) is 10.6. The van der Waals surface area contributed by atoms with E-state index in [2.05, 4.69) is 57.0 Å². The maximum absolute atomic E-state index is 6.10. The van der Waals surface area contributed by atoms with Crippen LogP contribution in [0.25, 0.3) is 0 Å². The molecule has 2 heterocycles. The number of aromatic nitrogens is 2. The van der Waals surface area contributed by atoms with Crippen molar-refractivity contribution in [3.05, 3.63) is 41.6 Å². The lowest BCUT2D eigenvalue weighted by Gasteiger charge is -2.37. The molecule has 1 aliphatic heterocycles. The third kappa shape index (κ3) is 3.53. The Morgan fingerprint density at radius 2 is 1.70 bits per heavy atom. The SMILES string of the molecule is CCc1nc(N)nc(N)c1N1CCN(Cc2ccccc2)CC1. The second kappa shape index (κ2) is 6.83. The molecule has 1 fully saturated rings. The third-order valence-electron chi connectivity index (χ3n) is 4.27. The molecule has 1 aliphatic rings. The minimum atomic E-state index is 0.255. The normalized spacial score (nSPS) is 15.8. The van der Waals surface area contributed by atoms with Gasteiger partial charge in [-0.15, -0.1) is 0 Å². The molecule has 0 unspecified atom stereocenters. The number of hydrogen-bond donors (Lipinski definition) is 2. The predicted octanol–water partition coefficient (Wildman–Crippen LogP) is 1.53. The number of aryl methyl sites for hydroxylation is 1. The molecule has 0 radical (unpaired) electrons. The van der Waals surface area contributed by atoms with Gasteiger partial charge in [-0.1, -0.05) is 37.3 Å². The lowest BCUT2D eigenvalue weighted by Crippen LogP contribution is -2.46. The van der Waals surface area contributed by atoms with E-state index in [0.717, 1.165) is 50.5 Å². The highest BCUT2D eigenvalue weighted by Crippen LogP contribution is 2.27. The maximum atomic E-state index is 6.10. The van der Waals surface area contributed by atoms with Crippen LogP contribution in [-0.4, -0.2) is 41.0 Å². The fourth-order valence-electron chi connectivity index (χ4n) is 3.10. The van der Waals surface area contributed by atoms with Crippen LogP contribution in [0.15, 0.2) is 30.3 Å². The molecule has 0 spiro atoms. The molecule has 3 rings (SSSR count). The van der Waals surface area contributed by atoms with E-state index < -0.39 is 0 Å². The quantitative estimate of drug-likeness (QED) is 0.890. The fourth-order valence-corrected chi connectivity index (χ4v) is 3.10.